The minimum absolute atomic E-state index is 0.389. The van der Waals surface area contributed by atoms with E-state index in [0.29, 0.717) is 27.9 Å². The highest BCUT2D eigenvalue weighted by Crippen LogP contribution is 2.45. The van der Waals surface area contributed by atoms with E-state index in [4.69, 9.17) is 33.9 Å². The number of hydrogen-bond acceptors (Lipinski definition) is 5. The first-order valence-electron chi connectivity index (χ1n) is 7.50. The molecule has 2 unspecified atom stereocenters. The molecule has 120 valence electrons. The predicted octanol–water partition coefficient (Wildman–Crippen LogP) is 3.64. The third kappa shape index (κ3) is 2.80. The lowest BCUT2D eigenvalue weighted by atomic mass is 10.4. The van der Waals surface area contributed by atoms with Gasteiger partial charge >= 0.3 is 0 Å². The summed E-state index contributed by atoms with van der Waals surface area (Å²) in [4.78, 5) is 12.4. The molecule has 4 nitrogen and oxygen atoms in total. The van der Waals surface area contributed by atoms with Gasteiger partial charge in [0.25, 0.3) is 0 Å². The lowest BCUT2D eigenvalue weighted by Crippen LogP contribution is -2.28. The Bertz CT molecular complexity index is 758. The van der Waals surface area contributed by atoms with E-state index in [2.05, 4.69) is 9.88 Å². The SMILES string of the molecule is Cc1nc(N2CC3C(N)C3C2)cnc1Sc1cccc(Cl)c1Cl. The van der Waals surface area contributed by atoms with Gasteiger partial charge in [0.15, 0.2) is 0 Å². The monoisotopic (exact) mass is 366 g/mol. The predicted molar refractivity (Wildman–Crippen MR) is 94.5 cm³/mol. The van der Waals surface area contributed by atoms with Gasteiger partial charge in [-0.25, -0.2) is 9.97 Å². The van der Waals surface area contributed by atoms with E-state index in [1.165, 1.54) is 11.8 Å². The molecule has 1 aliphatic carbocycles. The smallest absolute Gasteiger partial charge is 0.147 e. The minimum Gasteiger partial charge on any atom is -0.355 e. The van der Waals surface area contributed by atoms with E-state index >= 15 is 0 Å². The summed E-state index contributed by atoms with van der Waals surface area (Å²) in [7, 11) is 0. The van der Waals surface area contributed by atoms with Crippen molar-refractivity contribution in [2.45, 2.75) is 22.9 Å². The molecule has 1 saturated heterocycles. The number of nitrogens with two attached hydrogens (primary N) is 1. The molecule has 2 aromatic rings. The largest absolute Gasteiger partial charge is 0.355 e. The van der Waals surface area contributed by atoms with Gasteiger partial charge in [-0.15, -0.1) is 0 Å². The molecule has 2 fully saturated rings. The first kappa shape index (κ1) is 15.5. The number of nitrogens with zero attached hydrogens (tertiary/aromatic N) is 3. The molecule has 0 radical (unpaired) electrons. The lowest BCUT2D eigenvalue weighted by Gasteiger charge is -2.20. The Kier molecular flexibility index (Phi) is 3.92. The molecule has 1 aromatic heterocycles. The van der Waals surface area contributed by atoms with Gasteiger partial charge in [0.2, 0.25) is 0 Å². The number of hydrogen-bond donors (Lipinski definition) is 1. The molecule has 23 heavy (non-hydrogen) atoms. The highest BCUT2D eigenvalue weighted by Gasteiger charge is 2.53. The maximum atomic E-state index is 6.24. The average molecular weight is 367 g/mol. The van der Waals surface area contributed by atoms with Gasteiger partial charge in [0.05, 0.1) is 21.9 Å². The van der Waals surface area contributed by atoms with Crippen molar-refractivity contribution in [1.29, 1.82) is 0 Å². The third-order valence-electron chi connectivity index (χ3n) is 4.60. The summed E-state index contributed by atoms with van der Waals surface area (Å²) in [6.07, 6.45) is 1.84. The molecule has 1 aromatic carbocycles. The summed E-state index contributed by atoms with van der Waals surface area (Å²) in [5, 5.41) is 1.95. The second-order valence-electron chi connectivity index (χ2n) is 6.08. The maximum Gasteiger partial charge on any atom is 0.147 e. The van der Waals surface area contributed by atoms with Crippen LogP contribution in [0.5, 0.6) is 0 Å². The zero-order valence-corrected chi connectivity index (χ0v) is 14.9. The van der Waals surface area contributed by atoms with Crippen molar-refractivity contribution < 1.29 is 0 Å². The Morgan fingerprint density at radius 3 is 2.70 bits per heavy atom. The van der Waals surface area contributed by atoms with E-state index in [9.17, 15) is 0 Å². The average Bonchev–Trinajstić information content (AvgIpc) is 2.96. The van der Waals surface area contributed by atoms with Crippen LogP contribution in [0.1, 0.15) is 5.69 Å². The molecule has 4 rings (SSSR count). The standard InChI is InChI=1S/C16H16Cl2N4S/c1-8-16(23-12-4-2-3-11(17)14(12)18)20-5-13(21-8)22-6-9-10(7-22)15(9)19/h2-5,9-10,15H,6-7,19H2,1H3. The molecule has 2 atom stereocenters. The number of piperidine rings is 1. The van der Waals surface area contributed by atoms with Crippen LogP contribution in [0.2, 0.25) is 10.0 Å². The first-order chi connectivity index (χ1) is 11.0. The molecule has 7 heteroatoms. The Hall–Kier alpha value is -1.01. The lowest BCUT2D eigenvalue weighted by molar-refractivity contribution is 0.729. The second kappa shape index (κ2) is 5.81. The van der Waals surface area contributed by atoms with E-state index < -0.39 is 0 Å². The van der Waals surface area contributed by atoms with Crippen molar-refractivity contribution in [3.63, 3.8) is 0 Å². The summed E-state index contributed by atoms with van der Waals surface area (Å²) in [6, 6.07) is 5.98. The number of halogens is 2. The normalized spacial score (nSPS) is 25.6. The van der Waals surface area contributed by atoms with Crippen molar-refractivity contribution in [1.82, 2.24) is 9.97 Å². The van der Waals surface area contributed by atoms with Crippen molar-refractivity contribution in [2.75, 3.05) is 18.0 Å². The quantitative estimate of drug-likeness (QED) is 0.898. The van der Waals surface area contributed by atoms with Crippen LogP contribution in [0.3, 0.4) is 0 Å². The van der Waals surface area contributed by atoms with Crippen LogP contribution in [0.4, 0.5) is 5.82 Å². The van der Waals surface area contributed by atoms with Crippen molar-refractivity contribution in [3.8, 4) is 0 Å². The van der Waals surface area contributed by atoms with Gasteiger partial charge in [0.1, 0.15) is 10.8 Å². The summed E-state index contributed by atoms with van der Waals surface area (Å²) in [6.45, 7) is 3.96. The molecule has 2 heterocycles. The van der Waals surface area contributed by atoms with Gasteiger partial charge in [0, 0.05) is 24.0 Å². The number of rotatable bonds is 3. The van der Waals surface area contributed by atoms with Crippen LogP contribution in [0, 0.1) is 18.8 Å². The molecule has 0 bridgehead atoms. The fourth-order valence-corrected chi connectivity index (χ4v) is 4.46. The highest BCUT2D eigenvalue weighted by atomic mass is 35.5. The minimum atomic E-state index is 0.389. The maximum absolute atomic E-state index is 6.24. The van der Waals surface area contributed by atoms with E-state index in [-0.39, 0.29) is 0 Å². The van der Waals surface area contributed by atoms with Crippen LogP contribution < -0.4 is 10.6 Å². The Balaban J connectivity index is 1.53. The topological polar surface area (TPSA) is 55.0 Å². The van der Waals surface area contributed by atoms with Crippen LogP contribution in [0.25, 0.3) is 0 Å². The van der Waals surface area contributed by atoms with E-state index in [0.717, 1.165) is 34.5 Å². The third-order valence-corrected chi connectivity index (χ3v) is 6.68. The molecule has 0 amide bonds. The number of benzene rings is 1. The molecule has 1 aliphatic heterocycles. The summed E-state index contributed by atoms with van der Waals surface area (Å²) < 4.78 is 0. The molecule has 1 saturated carbocycles. The fraction of sp³-hybridized carbons (Fsp3) is 0.375. The Labute approximate surface area is 149 Å². The molecule has 0 spiro atoms. The molecule has 2 N–H and O–H groups in total. The van der Waals surface area contributed by atoms with Gasteiger partial charge in [-0.05, 0) is 30.9 Å². The van der Waals surface area contributed by atoms with Gasteiger partial charge in [-0.2, -0.15) is 0 Å². The number of anilines is 1. The zero-order chi connectivity index (χ0) is 16.1. The number of fused-ring (bicyclic) bond motifs is 1. The Morgan fingerprint density at radius 1 is 1.26 bits per heavy atom. The van der Waals surface area contributed by atoms with Crippen molar-refractivity contribution in [2.24, 2.45) is 17.6 Å². The number of aromatic nitrogens is 2. The van der Waals surface area contributed by atoms with Gasteiger partial charge < -0.3 is 10.6 Å². The summed E-state index contributed by atoms with van der Waals surface area (Å²) in [5.74, 6) is 2.20. The van der Waals surface area contributed by atoms with Crippen LogP contribution >= 0.6 is 35.0 Å². The molecule has 2 aliphatic rings. The second-order valence-corrected chi connectivity index (χ2v) is 7.90. The van der Waals surface area contributed by atoms with Crippen molar-refractivity contribution in [3.05, 3.63) is 40.1 Å². The van der Waals surface area contributed by atoms with E-state index in [1.54, 1.807) is 6.07 Å². The van der Waals surface area contributed by atoms with Gasteiger partial charge in [-0.3, -0.25) is 0 Å². The molecular weight excluding hydrogens is 351 g/mol. The van der Waals surface area contributed by atoms with Crippen LogP contribution in [-0.2, 0) is 0 Å². The first-order valence-corrected chi connectivity index (χ1v) is 9.08. The van der Waals surface area contributed by atoms with Crippen LogP contribution in [0.15, 0.2) is 34.3 Å². The number of aryl methyl sites for hydroxylation is 1. The highest BCUT2D eigenvalue weighted by molar-refractivity contribution is 7.99. The fourth-order valence-electron chi connectivity index (χ4n) is 3.14. The van der Waals surface area contributed by atoms with E-state index in [1.807, 2.05) is 25.3 Å². The summed E-state index contributed by atoms with van der Waals surface area (Å²) in [5.41, 5.74) is 6.89. The Morgan fingerprint density at radius 2 is 2.00 bits per heavy atom. The summed E-state index contributed by atoms with van der Waals surface area (Å²) >= 11 is 13.8. The van der Waals surface area contributed by atoms with Crippen molar-refractivity contribution >= 4 is 40.8 Å². The van der Waals surface area contributed by atoms with Crippen LogP contribution in [-0.4, -0.2) is 29.1 Å². The van der Waals surface area contributed by atoms with Gasteiger partial charge in [-0.1, -0.05) is 41.0 Å². The zero-order valence-electron chi connectivity index (χ0n) is 12.5. The molecular formula is C16H16Cl2N4S.